The Morgan fingerprint density at radius 3 is 2.58 bits per heavy atom. The van der Waals surface area contributed by atoms with Crippen LogP contribution < -0.4 is 5.73 Å². The SMILES string of the molecule is Cc1cccc(SCc2ccc(C(N)=NO)cc2)c1. The van der Waals surface area contributed by atoms with Crippen LogP contribution in [0.3, 0.4) is 0 Å². The Hall–Kier alpha value is -1.94. The summed E-state index contributed by atoms with van der Waals surface area (Å²) in [6.45, 7) is 2.09. The summed E-state index contributed by atoms with van der Waals surface area (Å²) < 4.78 is 0. The van der Waals surface area contributed by atoms with E-state index in [1.54, 1.807) is 11.8 Å². The molecule has 2 aromatic rings. The summed E-state index contributed by atoms with van der Waals surface area (Å²) in [6, 6.07) is 16.2. The molecule has 0 atom stereocenters. The Kier molecular flexibility index (Phi) is 4.47. The summed E-state index contributed by atoms with van der Waals surface area (Å²) in [4.78, 5) is 1.26. The number of oxime groups is 1. The van der Waals surface area contributed by atoms with Crippen LogP contribution in [0.25, 0.3) is 0 Å². The summed E-state index contributed by atoms with van der Waals surface area (Å²) in [7, 11) is 0. The van der Waals surface area contributed by atoms with Crippen molar-refractivity contribution in [2.24, 2.45) is 10.9 Å². The van der Waals surface area contributed by atoms with E-state index in [1.165, 1.54) is 16.0 Å². The van der Waals surface area contributed by atoms with Crippen LogP contribution in [0.2, 0.25) is 0 Å². The van der Waals surface area contributed by atoms with Crippen molar-refractivity contribution in [1.29, 1.82) is 0 Å². The summed E-state index contributed by atoms with van der Waals surface area (Å²) in [5, 5.41) is 11.6. The molecule has 3 nitrogen and oxygen atoms in total. The largest absolute Gasteiger partial charge is 0.409 e. The van der Waals surface area contributed by atoms with E-state index in [9.17, 15) is 0 Å². The van der Waals surface area contributed by atoms with Crippen LogP contribution in [-0.2, 0) is 5.75 Å². The van der Waals surface area contributed by atoms with Gasteiger partial charge in [0.25, 0.3) is 0 Å². The molecular weight excluding hydrogens is 256 g/mol. The Bertz CT molecular complexity index is 579. The molecule has 0 spiro atoms. The predicted molar refractivity (Wildman–Crippen MR) is 79.7 cm³/mol. The summed E-state index contributed by atoms with van der Waals surface area (Å²) in [6.07, 6.45) is 0. The molecule has 0 amide bonds. The van der Waals surface area contributed by atoms with E-state index in [0.29, 0.717) is 0 Å². The van der Waals surface area contributed by atoms with Crippen molar-refractivity contribution < 1.29 is 5.21 Å². The van der Waals surface area contributed by atoms with Crippen LogP contribution in [0.4, 0.5) is 0 Å². The zero-order valence-corrected chi connectivity index (χ0v) is 11.5. The minimum Gasteiger partial charge on any atom is -0.409 e. The molecule has 0 saturated heterocycles. The lowest BCUT2D eigenvalue weighted by atomic mass is 10.1. The topological polar surface area (TPSA) is 58.6 Å². The van der Waals surface area contributed by atoms with Gasteiger partial charge in [-0.15, -0.1) is 11.8 Å². The zero-order chi connectivity index (χ0) is 13.7. The highest BCUT2D eigenvalue weighted by Gasteiger charge is 2.00. The second kappa shape index (κ2) is 6.29. The standard InChI is InChI=1S/C15H16N2OS/c1-11-3-2-4-14(9-11)19-10-12-5-7-13(8-6-12)15(16)17-18/h2-9,18H,10H2,1H3,(H2,16,17). The molecule has 2 aromatic carbocycles. The summed E-state index contributed by atoms with van der Waals surface area (Å²) in [5.74, 6) is 1.04. The first-order chi connectivity index (χ1) is 9.19. The molecule has 0 unspecified atom stereocenters. The number of aryl methyl sites for hydroxylation is 1. The highest BCUT2D eigenvalue weighted by atomic mass is 32.2. The molecule has 0 fully saturated rings. The smallest absolute Gasteiger partial charge is 0.170 e. The van der Waals surface area contributed by atoms with Gasteiger partial charge in [0.05, 0.1) is 0 Å². The third kappa shape index (κ3) is 3.76. The maximum atomic E-state index is 8.59. The van der Waals surface area contributed by atoms with Gasteiger partial charge in [0.15, 0.2) is 5.84 Å². The lowest BCUT2D eigenvalue weighted by molar-refractivity contribution is 0.318. The van der Waals surface area contributed by atoms with E-state index in [4.69, 9.17) is 10.9 Å². The quantitative estimate of drug-likeness (QED) is 0.295. The van der Waals surface area contributed by atoms with Crippen LogP contribution in [0, 0.1) is 6.92 Å². The average molecular weight is 272 g/mol. The first kappa shape index (κ1) is 13.5. The number of nitrogens with zero attached hydrogens (tertiary/aromatic N) is 1. The molecule has 0 bridgehead atoms. The van der Waals surface area contributed by atoms with Gasteiger partial charge in [-0.25, -0.2) is 0 Å². The molecular formula is C15H16N2OS. The van der Waals surface area contributed by atoms with Crippen LogP contribution in [0.15, 0.2) is 58.6 Å². The first-order valence-electron chi connectivity index (χ1n) is 5.95. The summed E-state index contributed by atoms with van der Waals surface area (Å²) in [5.41, 5.74) is 8.73. The minimum atomic E-state index is 0.137. The number of benzene rings is 2. The number of hydrogen-bond donors (Lipinski definition) is 2. The van der Waals surface area contributed by atoms with Crippen LogP contribution in [-0.4, -0.2) is 11.0 Å². The first-order valence-corrected chi connectivity index (χ1v) is 6.94. The number of amidine groups is 1. The molecule has 0 aromatic heterocycles. The second-order valence-electron chi connectivity index (χ2n) is 4.29. The lowest BCUT2D eigenvalue weighted by Crippen LogP contribution is -2.12. The molecule has 0 radical (unpaired) electrons. The fraction of sp³-hybridized carbons (Fsp3) is 0.133. The van der Waals surface area contributed by atoms with Crippen molar-refractivity contribution in [3.05, 3.63) is 65.2 Å². The van der Waals surface area contributed by atoms with E-state index in [2.05, 4.69) is 36.3 Å². The third-order valence-corrected chi connectivity index (χ3v) is 3.82. The van der Waals surface area contributed by atoms with E-state index >= 15 is 0 Å². The van der Waals surface area contributed by atoms with Gasteiger partial charge in [-0.1, -0.05) is 47.1 Å². The van der Waals surface area contributed by atoms with Crippen molar-refractivity contribution in [2.75, 3.05) is 0 Å². The Balaban J connectivity index is 2.00. The third-order valence-electron chi connectivity index (χ3n) is 2.75. The van der Waals surface area contributed by atoms with Crippen molar-refractivity contribution >= 4 is 17.6 Å². The highest BCUT2D eigenvalue weighted by molar-refractivity contribution is 7.98. The van der Waals surface area contributed by atoms with E-state index in [0.717, 1.165) is 11.3 Å². The maximum absolute atomic E-state index is 8.59. The van der Waals surface area contributed by atoms with Crippen molar-refractivity contribution in [3.63, 3.8) is 0 Å². The van der Waals surface area contributed by atoms with E-state index < -0.39 is 0 Å². The predicted octanol–water partition coefficient (Wildman–Crippen LogP) is 3.38. The van der Waals surface area contributed by atoms with Gasteiger partial charge in [0, 0.05) is 16.2 Å². The van der Waals surface area contributed by atoms with Crippen molar-refractivity contribution in [1.82, 2.24) is 0 Å². The molecule has 0 aliphatic rings. The van der Waals surface area contributed by atoms with Gasteiger partial charge < -0.3 is 10.9 Å². The number of rotatable bonds is 4. The van der Waals surface area contributed by atoms with Crippen molar-refractivity contribution in [2.45, 2.75) is 17.6 Å². The number of hydrogen-bond acceptors (Lipinski definition) is 3. The van der Waals surface area contributed by atoms with Gasteiger partial charge in [-0.3, -0.25) is 0 Å². The highest BCUT2D eigenvalue weighted by Crippen LogP contribution is 2.23. The van der Waals surface area contributed by atoms with Gasteiger partial charge in [-0.2, -0.15) is 0 Å². The van der Waals surface area contributed by atoms with Gasteiger partial charge in [-0.05, 0) is 24.6 Å². The lowest BCUT2D eigenvalue weighted by Gasteiger charge is -2.04. The fourth-order valence-corrected chi connectivity index (χ4v) is 2.67. The van der Waals surface area contributed by atoms with Crippen LogP contribution in [0.5, 0.6) is 0 Å². The molecule has 0 aliphatic carbocycles. The molecule has 0 saturated carbocycles. The van der Waals surface area contributed by atoms with Crippen LogP contribution in [0.1, 0.15) is 16.7 Å². The monoisotopic (exact) mass is 272 g/mol. The Labute approximate surface area is 117 Å². The zero-order valence-electron chi connectivity index (χ0n) is 10.7. The molecule has 19 heavy (non-hydrogen) atoms. The molecule has 0 aliphatic heterocycles. The summed E-state index contributed by atoms with van der Waals surface area (Å²) >= 11 is 1.80. The van der Waals surface area contributed by atoms with E-state index in [1.807, 2.05) is 24.3 Å². The molecule has 0 heterocycles. The van der Waals surface area contributed by atoms with E-state index in [-0.39, 0.29) is 5.84 Å². The maximum Gasteiger partial charge on any atom is 0.170 e. The van der Waals surface area contributed by atoms with Gasteiger partial charge >= 0.3 is 0 Å². The fourth-order valence-electron chi connectivity index (χ4n) is 1.70. The Morgan fingerprint density at radius 2 is 1.95 bits per heavy atom. The molecule has 3 N–H and O–H groups in total. The Morgan fingerprint density at radius 1 is 1.21 bits per heavy atom. The minimum absolute atomic E-state index is 0.137. The normalized spacial score (nSPS) is 11.5. The molecule has 4 heteroatoms. The van der Waals surface area contributed by atoms with Crippen LogP contribution >= 0.6 is 11.8 Å². The average Bonchev–Trinajstić information content (AvgIpc) is 2.45. The van der Waals surface area contributed by atoms with Crippen molar-refractivity contribution in [3.8, 4) is 0 Å². The molecule has 2 rings (SSSR count). The molecule has 98 valence electrons. The second-order valence-corrected chi connectivity index (χ2v) is 5.34. The van der Waals surface area contributed by atoms with Gasteiger partial charge in [0.2, 0.25) is 0 Å². The van der Waals surface area contributed by atoms with Gasteiger partial charge in [0.1, 0.15) is 0 Å². The number of thioether (sulfide) groups is 1. The number of nitrogens with two attached hydrogens (primary N) is 1.